The van der Waals surface area contributed by atoms with Crippen molar-refractivity contribution in [2.75, 3.05) is 46.3 Å². The number of hydrogen-bond donors (Lipinski definition) is 0. The largest absolute Gasteiger partial charge is 0.341 e. The van der Waals surface area contributed by atoms with Crippen molar-refractivity contribution < 1.29 is 4.79 Å². The zero-order valence-corrected chi connectivity index (χ0v) is 10.3. The van der Waals surface area contributed by atoms with Gasteiger partial charge in [-0.15, -0.1) is 0 Å². The van der Waals surface area contributed by atoms with Crippen molar-refractivity contribution in [3.8, 4) is 0 Å². The first kappa shape index (κ1) is 11.9. The van der Waals surface area contributed by atoms with Crippen LogP contribution in [-0.4, -0.2) is 73.5 Å². The van der Waals surface area contributed by atoms with Crippen LogP contribution in [0.5, 0.6) is 0 Å². The first-order valence-corrected chi connectivity index (χ1v) is 6.41. The molecular formula is C12H23N3O. The summed E-state index contributed by atoms with van der Waals surface area (Å²) in [4.78, 5) is 17.8. The fourth-order valence-electron chi connectivity index (χ4n) is 2.69. The highest BCUT2D eigenvalue weighted by Gasteiger charge is 2.24. The molecule has 0 aromatic heterocycles. The van der Waals surface area contributed by atoms with Crippen LogP contribution in [0.3, 0.4) is 0 Å². The molecule has 0 aliphatic carbocycles. The van der Waals surface area contributed by atoms with E-state index in [-0.39, 0.29) is 0 Å². The standard InChI is InChI=1S/C12H23N3O/c1-13-6-8-14(9-7-13)10-12-4-2-3-5-15(12)11-16/h11-12H,2-10H2,1H3. The van der Waals surface area contributed by atoms with Crippen LogP contribution >= 0.6 is 0 Å². The Morgan fingerprint density at radius 1 is 1.12 bits per heavy atom. The van der Waals surface area contributed by atoms with E-state index in [0.717, 1.165) is 45.7 Å². The predicted octanol–water partition coefficient (Wildman–Crippen LogP) is 0.245. The third kappa shape index (κ3) is 2.95. The second-order valence-corrected chi connectivity index (χ2v) is 5.10. The van der Waals surface area contributed by atoms with E-state index in [9.17, 15) is 4.79 Å². The van der Waals surface area contributed by atoms with Crippen LogP contribution in [-0.2, 0) is 4.79 Å². The molecule has 92 valence electrons. The topological polar surface area (TPSA) is 26.8 Å². The molecule has 4 heteroatoms. The van der Waals surface area contributed by atoms with E-state index in [1.54, 1.807) is 0 Å². The van der Waals surface area contributed by atoms with Gasteiger partial charge in [-0.3, -0.25) is 9.69 Å². The van der Waals surface area contributed by atoms with Crippen molar-refractivity contribution >= 4 is 6.41 Å². The molecule has 0 aromatic rings. The van der Waals surface area contributed by atoms with Crippen LogP contribution in [0.15, 0.2) is 0 Å². The fourth-order valence-corrected chi connectivity index (χ4v) is 2.69. The van der Waals surface area contributed by atoms with Crippen molar-refractivity contribution in [2.45, 2.75) is 25.3 Å². The maximum Gasteiger partial charge on any atom is 0.209 e. The van der Waals surface area contributed by atoms with Gasteiger partial charge in [0, 0.05) is 45.3 Å². The summed E-state index contributed by atoms with van der Waals surface area (Å²) < 4.78 is 0. The molecular weight excluding hydrogens is 202 g/mol. The lowest BCUT2D eigenvalue weighted by Crippen LogP contribution is -2.51. The lowest BCUT2D eigenvalue weighted by molar-refractivity contribution is -0.121. The van der Waals surface area contributed by atoms with Crippen LogP contribution < -0.4 is 0 Å². The van der Waals surface area contributed by atoms with Crippen molar-refractivity contribution in [3.63, 3.8) is 0 Å². The zero-order valence-electron chi connectivity index (χ0n) is 10.3. The minimum Gasteiger partial charge on any atom is -0.341 e. The van der Waals surface area contributed by atoms with Gasteiger partial charge < -0.3 is 9.80 Å². The van der Waals surface area contributed by atoms with E-state index in [1.165, 1.54) is 19.3 Å². The molecule has 0 N–H and O–H groups in total. The van der Waals surface area contributed by atoms with E-state index >= 15 is 0 Å². The summed E-state index contributed by atoms with van der Waals surface area (Å²) in [6.45, 7) is 6.66. The smallest absolute Gasteiger partial charge is 0.209 e. The van der Waals surface area contributed by atoms with Gasteiger partial charge in [0.25, 0.3) is 0 Å². The SMILES string of the molecule is CN1CCN(CC2CCCCN2C=O)CC1. The van der Waals surface area contributed by atoms with Gasteiger partial charge in [0.2, 0.25) is 6.41 Å². The first-order chi connectivity index (χ1) is 7.79. The molecule has 2 fully saturated rings. The summed E-state index contributed by atoms with van der Waals surface area (Å²) >= 11 is 0. The van der Waals surface area contributed by atoms with Crippen LogP contribution in [0.2, 0.25) is 0 Å². The Morgan fingerprint density at radius 2 is 1.88 bits per heavy atom. The number of hydrogen-bond acceptors (Lipinski definition) is 3. The Morgan fingerprint density at radius 3 is 2.56 bits per heavy atom. The Hall–Kier alpha value is -0.610. The van der Waals surface area contributed by atoms with Crippen molar-refractivity contribution in [1.29, 1.82) is 0 Å². The highest BCUT2D eigenvalue weighted by atomic mass is 16.1. The Labute approximate surface area is 98.2 Å². The molecule has 2 rings (SSSR count). The fraction of sp³-hybridized carbons (Fsp3) is 0.917. The summed E-state index contributed by atoms with van der Waals surface area (Å²) in [7, 11) is 2.18. The molecule has 2 heterocycles. The van der Waals surface area contributed by atoms with E-state index < -0.39 is 0 Å². The number of nitrogens with zero attached hydrogens (tertiary/aromatic N) is 3. The quantitative estimate of drug-likeness (QED) is 0.644. The van der Waals surface area contributed by atoms with Crippen LogP contribution in [0.1, 0.15) is 19.3 Å². The van der Waals surface area contributed by atoms with Crippen molar-refractivity contribution in [1.82, 2.24) is 14.7 Å². The number of likely N-dealkylation sites (tertiary alicyclic amines) is 1. The lowest BCUT2D eigenvalue weighted by Gasteiger charge is -2.39. The Balaban J connectivity index is 1.80. The molecule has 1 unspecified atom stereocenters. The van der Waals surface area contributed by atoms with E-state index in [4.69, 9.17) is 0 Å². The highest BCUT2D eigenvalue weighted by Crippen LogP contribution is 2.16. The molecule has 2 aliphatic heterocycles. The molecule has 0 spiro atoms. The molecule has 2 saturated heterocycles. The molecule has 0 saturated carbocycles. The summed E-state index contributed by atoms with van der Waals surface area (Å²) in [6.07, 6.45) is 4.69. The molecule has 0 radical (unpaired) electrons. The maximum atomic E-state index is 11.0. The van der Waals surface area contributed by atoms with E-state index in [2.05, 4.69) is 16.8 Å². The van der Waals surface area contributed by atoms with Gasteiger partial charge in [-0.1, -0.05) is 0 Å². The van der Waals surface area contributed by atoms with E-state index in [0.29, 0.717) is 6.04 Å². The molecule has 0 aromatic carbocycles. The highest BCUT2D eigenvalue weighted by molar-refractivity contribution is 5.48. The number of piperazine rings is 1. The van der Waals surface area contributed by atoms with E-state index in [1.807, 2.05) is 4.90 Å². The van der Waals surface area contributed by atoms with Gasteiger partial charge in [0.1, 0.15) is 0 Å². The second kappa shape index (κ2) is 5.64. The minimum atomic E-state index is 0.467. The number of carbonyl (C=O) groups excluding carboxylic acids is 1. The van der Waals surface area contributed by atoms with Crippen LogP contribution in [0.4, 0.5) is 0 Å². The van der Waals surface area contributed by atoms with Gasteiger partial charge >= 0.3 is 0 Å². The van der Waals surface area contributed by atoms with Crippen molar-refractivity contribution in [3.05, 3.63) is 0 Å². The zero-order chi connectivity index (χ0) is 11.4. The first-order valence-electron chi connectivity index (χ1n) is 6.41. The van der Waals surface area contributed by atoms with Crippen LogP contribution in [0, 0.1) is 0 Å². The van der Waals surface area contributed by atoms with Crippen molar-refractivity contribution in [2.24, 2.45) is 0 Å². The number of likely N-dealkylation sites (N-methyl/N-ethyl adjacent to an activating group) is 1. The van der Waals surface area contributed by atoms with Gasteiger partial charge in [-0.25, -0.2) is 0 Å². The molecule has 16 heavy (non-hydrogen) atoms. The lowest BCUT2D eigenvalue weighted by atomic mass is 10.0. The van der Waals surface area contributed by atoms with Gasteiger partial charge in [-0.2, -0.15) is 0 Å². The number of rotatable bonds is 3. The Kier molecular flexibility index (Phi) is 4.18. The maximum absolute atomic E-state index is 11.0. The molecule has 0 bridgehead atoms. The summed E-state index contributed by atoms with van der Waals surface area (Å²) in [6, 6.07) is 0.467. The summed E-state index contributed by atoms with van der Waals surface area (Å²) in [5, 5.41) is 0. The molecule has 2 aliphatic rings. The average molecular weight is 225 g/mol. The summed E-state index contributed by atoms with van der Waals surface area (Å²) in [5.41, 5.74) is 0. The molecule has 4 nitrogen and oxygen atoms in total. The molecule has 1 amide bonds. The third-order valence-electron chi connectivity index (χ3n) is 3.87. The van der Waals surface area contributed by atoms with Gasteiger partial charge in [0.15, 0.2) is 0 Å². The monoisotopic (exact) mass is 225 g/mol. The third-order valence-corrected chi connectivity index (χ3v) is 3.87. The van der Waals surface area contributed by atoms with Gasteiger partial charge in [-0.05, 0) is 26.3 Å². The normalized spacial score (nSPS) is 29.3. The summed E-state index contributed by atoms with van der Waals surface area (Å²) in [5.74, 6) is 0. The minimum absolute atomic E-state index is 0.467. The molecule has 1 atom stereocenters. The predicted molar refractivity (Wildman–Crippen MR) is 64.3 cm³/mol. The number of amides is 1. The number of piperidine rings is 1. The van der Waals surface area contributed by atoms with Gasteiger partial charge in [0.05, 0.1) is 0 Å². The second-order valence-electron chi connectivity index (χ2n) is 5.10. The van der Waals surface area contributed by atoms with Crippen LogP contribution in [0.25, 0.3) is 0 Å². The number of carbonyl (C=O) groups is 1. The Bertz CT molecular complexity index is 226. The average Bonchev–Trinajstić information content (AvgIpc) is 2.33.